The molecular weight excluding hydrogens is 236 g/mol. The number of rotatable bonds is 8. The van der Waals surface area contributed by atoms with Gasteiger partial charge in [0.1, 0.15) is 0 Å². The Bertz CT molecular complexity index is 370. The predicted molar refractivity (Wildman–Crippen MR) is 81.0 cm³/mol. The second-order valence-corrected chi connectivity index (χ2v) is 5.73. The first-order valence-electron chi connectivity index (χ1n) is 7.47. The Morgan fingerprint density at radius 2 is 2.05 bits per heavy atom. The molecule has 1 unspecified atom stereocenters. The van der Waals surface area contributed by atoms with Gasteiger partial charge in [0.05, 0.1) is 11.4 Å². The van der Waals surface area contributed by atoms with E-state index in [-0.39, 0.29) is 0 Å². The molecular formula is C15H30N4. The van der Waals surface area contributed by atoms with Crippen molar-refractivity contribution >= 4 is 0 Å². The fraction of sp³-hybridized carbons (Fsp3) is 0.800. The van der Waals surface area contributed by atoms with Gasteiger partial charge in [-0.25, -0.2) is 0 Å². The minimum Gasteiger partial charge on any atom is -0.327 e. The van der Waals surface area contributed by atoms with Gasteiger partial charge < -0.3 is 10.6 Å². The van der Waals surface area contributed by atoms with E-state index in [0.717, 1.165) is 32.5 Å². The zero-order chi connectivity index (χ0) is 14.4. The number of nitrogens with zero attached hydrogens (tertiary/aromatic N) is 3. The van der Waals surface area contributed by atoms with Gasteiger partial charge >= 0.3 is 0 Å². The quantitative estimate of drug-likeness (QED) is 0.785. The molecule has 19 heavy (non-hydrogen) atoms. The maximum absolute atomic E-state index is 6.10. The van der Waals surface area contributed by atoms with Gasteiger partial charge in [-0.2, -0.15) is 5.10 Å². The molecule has 0 amide bonds. The molecule has 0 saturated heterocycles. The van der Waals surface area contributed by atoms with Crippen LogP contribution in [0.5, 0.6) is 0 Å². The van der Waals surface area contributed by atoms with Crippen LogP contribution in [0.1, 0.15) is 45.5 Å². The highest BCUT2D eigenvalue weighted by molar-refractivity contribution is 5.10. The topological polar surface area (TPSA) is 47.1 Å². The van der Waals surface area contributed by atoms with E-state index in [2.05, 4.69) is 55.5 Å². The average molecular weight is 266 g/mol. The van der Waals surface area contributed by atoms with Gasteiger partial charge in [-0.05, 0) is 45.3 Å². The lowest BCUT2D eigenvalue weighted by Crippen LogP contribution is -2.32. The van der Waals surface area contributed by atoms with E-state index >= 15 is 0 Å². The van der Waals surface area contributed by atoms with Crippen molar-refractivity contribution in [3.8, 4) is 0 Å². The first-order chi connectivity index (χ1) is 8.97. The van der Waals surface area contributed by atoms with Crippen LogP contribution in [0.4, 0.5) is 0 Å². The highest BCUT2D eigenvalue weighted by Gasteiger charge is 2.11. The van der Waals surface area contributed by atoms with Gasteiger partial charge in [0.25, 0.3) is 0 Å². The average Bonchev–Trinajstić information content (AvgIpc) is 2.77. The molecule has 1 heterocycles. The number of hydrogen-bond acceptors (Lipinski definition) is 3. The molecule has 1 atom stereocenters. The fourth-order valence-electron chi connectivity index (χ4n) is 2.15. The zero-order valence-electron chi connectivity index (χ0n) is 13.2. The predicted octanol–water partition coefficient (Wildman–Crippen LogP) is 2.27. The highest BCUT2D eigenvalue weighted by Crippen LogP contribution is 2.10. The Balaban J connectivity index is 2.51. The van der Waals surface area contributed by atoms with Gasteiger partial charge in [-0.3, -0.25) is 4.68 Å². The van der Waals surface area contributed by atoms with Crippen LogP contribution < -0.4 is 5.73 Å². The second kappa shape index (κ2) is 7.65. The first kappa shape index (κ1) is 16.2. The molecule has 0 spiro atoms. The molecule has 2 N–H and O–H groups in total. The molecule has 0 saturated carbocycles. The maximum atomic E-state index is 6.10. The van der Waals surface area contributed by atoms with Crippen molar-refractivity contribution in [2.45, 2.75) is 59.7 Å². The fourth-order valence-corrected chi connectivity index (χ4v) is 2.15. The van der Waals surface area contributed by atoms with Crippen LogP contribution in [0.2, 0.25) is 0 Å². The third-order valence-corrected chi connectivity index (χ3v) is 3.71. The Kier molecular flexibility index (Phi) is 6.52. The highest BCUT2D eigenvalue weighted by atomic mass is 15.3. The second-order valence-electron chi connectivity index (χ2n) is 5.73. The number of aryl methyl sites for hydroxylation is 2. The van der Waals surface area contributed by atoms with Crippen molar-refractivity contribution in [3.05, 3.63) is 17.5 Å². The van der Waals surface area contributed by atoms with Crippen LogP contribution in [-0.4, -0.2) is 34.3 Å². The standard InChI is InChI=1S/C15H30N4/c1-6-13-10-14(19(7-2)17-13)11-18(5)9-8-15(16)12(3)4/h10,12,15H,6-9,11,16H2,1-5H3. The van der Waals surface area contributed by atoms with Gasteiger partial charge in [-0.15, -0.1) is 0 Å². The Hall–Kier alpha value is -0.870. The molecule has 110 valence electrons. The summed E-state index contributed by atoms with van der Waals surface area (Å²) in [6, 6.07) is 2.52. The SMILES string of the molecule is CCc1cc(CN(C)CCC(N)C(C)C)n(CC)n1. The molecule has 4 heteroatoms. The van der Waals surface area contributed by atoms with Crippen LogP contribution in [-0.2, 0) is 19.5 Å². The van der Waals surface area contributed by atoms with Crippen molar-refractivity contribution in [1.82, 2.24) is 14.7 Å². The van der Waals surface area contributed by atoms with E-state index in [1.807, 2.05) is 0 Å². The normalized spacial score (nSPS) is 13.5. The van der Waals surface area contributed by atoms with E-state index in [1.165, 1.54) is 11.4 Å². The molecule has 0 aliphatic rings. The summed E-state index contributed by atoms with van der Waals surface area (Å²) in [6.07, 6.45) is 2.05. The van der Waals surface area contributed by atoms with Gasteiger partial charge in [-0.1, -0.05) is 20.8 Å². The maximum Gasteiger partial charge on any atom is 0.0625 e. The van der Waals surface area contributed by atoms with Crippen LogP contribution in [0, 0.1) is 5.92 Å². The Labute approximate surface area is 118 Å². The summed E-state index contributed by atoms with van der Waals surface area (Å²) < 4.78 is 2.11. The Morgan fingerprint density at radius 1 is 1.37 bits per heavy atom. The molecule has 1 rings (SSSR count). The molecule has 0 aliphatic carbocycles. The summed E-state index contributed by atoms with van der Waals surface area (Å²) in [7, 11) is 2.16. The molecule has 0 bridgehead atoms. The summed E-state index contributed by atoms with van der Waals surface area (Å²) in [6.45, 7) is 11.6. The number of hydrogen-bond donors (Lipinski definition) is 1. The van der Waals surface area contributed by atoms with E-state index in [0.29, 0.717) is 12.0 Å². The molecule has 0 fully saturated rings. The van der Waals surface area contributed by atoms with Gasteiger partial charge in [0.15, 0.2) is 0 Å². The minimum absolute atomic E-state index is 0.296. The third kappa shape index (κ3) is 4.96. The van der Waals surface area contributed by atoms with Crippen LogP contribution >= 0.6 is 0 Å². The van der Waals surface area contributed by atoms with Crippen molar-refractivity contribution in [3.63, 3.8) is 0 Å². The third-order valence-electron chi connectivity index (χ3n) is 3.71. The van der Waals surface area contributed by atoms with Crippen molar-refractivity contribution in [1.29, 1.82) is 0 Å². The lowest BCUT2D eigenvalue weighted by Gasteiger charge is -2.21. The zero-order valence-corrected chi connectivity index (χ0v) is 13.2. The summed E-state index contributed by atoms with van der Waals surface area (Å²) in [5.74, 6) is 0.557. The molecule has 0 aliphatic heterocycles. The smallest absolute Gasteiger partial charge is 0.0625 e. The summed E-state index contributed by atoms with van der Waals surface area (Å²) in [4.78, 5) is 2.34. The summed E-state index contributed by atoms with van der Waals surface area (Å²) in [5, 5.41) is 4.59. The molecule has 1 aromatic heterocycles. The number of nitrogens with two attached hydrogens (primary N) is 1. The van der Waals surface area contributed by atoms with Gasteiger partial charge in [0, 0.05) is 19.1 Å². The van der Waals surface area contributed by atoms with Crippen molar-refractivity contribution < 1.29 is 0 Å². The monoisotopic (exact) mass is 266 g/mol. The van der Waals surface area contributed by atoms with E-state index in [1.54, 1.807) is 0 Å². The van der Waals surface area contributed by atoms with Crippen molar-refractivity contribution in [2.24, 2.45) is 11.7 Å². The van der Waals surface area contributed by atoms with Gasteiger partial charge in [0.2, 0.25) is 0 Å². The molecule has 0 radical (unpaired) electrons. The lowest BCUT2D eigenvalue weighted by molar-refractivity contribution is 0.288. The van der Waals surface area contributed by atoms with E-state index in [9.17, 15) is 0 Å². The first-order valence-corrected chi connectivity index (χ1v) is 7.47. The molecule has 4 nitrogen and oxygen atoms in total. The summed E-state index contributed by atoms with van der Waals surface area (Å²) >= 11 is 0. The Morgan fingerprint density at radius 3 is 2.58 bits per heavy atom. The van der Waals surface area contributed by atoms with Crippen LogP contribution in [0.15, 0.2) is 6.07 Å². The van der Waals surface area contributed by atoms with Crippen molar-refractivity contribution in [2.75, 3.05) is 13.6 Å². The minimum atomic E-state index is 0.296. The van der Waals surface area contributed by atoms with E-state index < -0.39 is 0 Å². The lowest BCUT2D eigenvalue weighted by atomic mass is 10.0. The largest absolute Gasteiger partial charge is 0.327 e. The molecule has 1 aromatic rings. The van der Waals surface area contributed by atoms with Crippen LogP contribution in [0.3, 0.4) is 0 Å². The number of aromatic nitrogens is 2. The molecule has 0 aromatic carbocycles. The summed E-state index contributed by atoms with van der Waals surface area (Å²) in [5.41, 5.74) is 8.59. The van der Waals surface area contributed by atoms with E-state index in [4.69, 9.17) is 5.73 Å². The van der Waals surface area contributed by atoms with Crippen LogP contribution in [0.25, 0.3) is 0 Å².